The Morgan fingerprint density at radius 3 is 2.59 bits per heavy atom. The fourth-order valence-electron chi connectivity index (χ4n) is 1.23. The number of methoxy groups -OCH3 is 2. The Balaban J connectivity index is 3.27. The van der Waals surface area contributed by atoms with E-state index in [4.69, 9.17) is 10.5 Å². The predicted molar refractivity (Wildman–Crippen MR) is 66.4 cm³/mol. The van der Waals surface area contributed by atoms with Gasteiger partial charge in [0.15, 0.2) is 16.6 Å². The monoisotopic (exact) mass is 256 g/mol. The molecule has 0 aliphatic carbocycles. The van der Waals surface area contributed by atoms with Crippen molar-refractivity contribution in [2.24, 2.45) is 5.73 Å². The highest BCUT2D eigenvalue weighted by molar-refractivity contribution is 7.80. The van der Waals surface area contributed by atoms with E-state index < -0.39 is 5.97 Å². The Labute approximate surface area is 103 Å². The number of phenols is 1. The fourth-order valence-corrected chi connectivity index (χ4v) is 1.34. The number of anilines is 1. The van der Waals surface area contributed by atoms with Gasteiger partial charge in [0.05, 0.1) is 25.5 Å². The summed E-state index contributed by atoms with van der Waals surface area (Å²) in [5, 5.41) is 12.3. The number of hydrogen-bond acceptors (Lipinski definition) is 5. The molecule has 0 amide bonds. The molecule has 7 heteroatoms. The minimum absolute atomic E-state index is 0.0376. The first-order valence-corrected chi connectivity index (χ1v) is 4.96. The summed E-state index contributed by atoms with van der Waals surface area (Å²) in [4.78, 5) is 11.4. The van der Waals surface area contributed by atoms with Gasteiger partial charge in [0.2, 0.25) is 0 Å². The van der Waals surface area contributed by atoms with Crippen LogP contribution in [0.2, 0.25) is 0 Å². The first-order chi connectivity index (χ1) is 7.99. The highest BCUT2D eigenvalue weighted by Gasteiger charge is 2.15. The third-order valence-electron chi connectivity index (χ3n) is 1.97. The number of esters is 1. The summed E-state index contributed by atoms with van der Waals surface area (Å²) in [5.41, 5.74) is 5.68. The van der Waals surface area contributed by atoms with Gasteiger partial charge in [-0.05, 0) is 24.4 Å². The number of carbonyl (C=O) groups is 1. The molecule has 0 aromatic heterocycles. The number of phenolic OH excluding ortho intramolecular Hbond substituents is 1. The molecule has 0 aliphatic heterocycles. The smallest absolute Gasteiger partial charge is 0.338 e. The van der Waals surface area contributed by atoms with Crippen LogP contribution in [0.3, 0.4) is 0 Å². The SMILES string of the molecule is COC(=O)c1cc(NC(N)=S)c(O)c(OC)c1. The molecular formula is C10H12N2O4S. The second-order valence-electron chi connectivity index (χ2n) is 3.06. The summed E-state index contributed by atoms with van der Waals surface area (Å²) < 4.78 is 9.49. The van der Waals surface area contributed by atoms with E-state index in [0.717, 1.165) is 0 Å². The fraction of sp³-hybridized carbons (Fsp3) is 0.200. The topological polar surface area (TPSA) is 93.8 Å². The van der Waals surface area contributed by atoms with Crippen LogP contribution < -0.4 is 15.8 Å². The standard InChI is InChI=1S/C10H12N2O4S/c1-15-7-4-5(9(14)16-2)3-6(8(7)13)12-10(11)17/h3-4,13H,1-2H3,(H3,11,12,17). The largest absolute Gasteiger partial charge is 0.503 e. The maximum Gasteiger partial charge on any atom is 0.338 e. The lowest BCUT2D eigenvalue weighted by Crippen LogP contribution is -2.19. The highest BCUT2D eigenvalue weighted by Crippen LogP contribution is 2.35. The van der Waals surface area contributed by atoms with Gasteiger partial charge in [-0.1, -0.05) is 0 Å². The molecule has 1 rings (SSSR count). The second kappa shape index (κ2) is 5.35. The number of aromatic hydroxyl groups is 1. The molecule has 0 heterocycles. The molecule has 4 N–H and O–H groups in total. The van der Waals surface area contributed by atoms with Crippen LogP contribution in [-0.2, 0) is 4.74 Å². The van der Waals surface area contributed by atoms with Gasteiger partial charge >= 0.3 is 5.97 Å². The zero-order chi connectivity index (χ0) is 13.0. The first kappa shape index (κ1) is 13.0. The van der Waals surface area contributed by atoms with Gasteiger partial charge in [0.1, 0.15) is 0 Å². The zero-order valence-corrected chi connectivity index (χ0v) is 10.1. The van der Waals surface area contributed by atoms with Gasteiger partial charge in [0.25, 0.3) is 0 Å². The molecule has 0 bridgehead atoms. The van der Waals surface area contributed by atoms with Gasteiger partial charge in [-0.2, -0.15) is 0 Å². The second-order valence-corrected chi connectivity index (χ2v) is 3.50. The lowest BCUT2D eigenvalue weighted by molar-refractivity contribution is 0.0600. The zero-order valence-electron chi connectivity index (χ0n) is 9.31. The molecule has 17 heavy (non-hydrogen) atoms. The number of carbonyl (C=O) groups excluding carboxylic acids is 1. The average molecular weight is 256 g/mol. The Kier molecular flexibility index (Phi) is 4.11. The minimum atomic E-state index is -0.561. The summed E-state index contributed by atoms with van der Waals surface area (Å²) in [6.45, 7) is 0. The van der Waals surface area contributed by atoms with Gasteiger partial charge in [-0.25, -0.2) is 4.79 Å². The number of thiocarbonyl (C=S) groups is 1. The number of ether oxygens (including phenoxy) is 2. The van der Waals surface area contributed by atoms with Crippen LogP contribution in [0, 0.1) is 0 Å². The molecular weight excluding hydrogens is 244 g/mol. The van der Waals surface area contributed by atoms with Crippen LogP contribution in [-0.4, -0.2) is 30.4 Å². The Morgan fingerprint density at radius 2 is 2.12 bits per heavy atom. The maximum atomic E-state index is 11.4. The molecule has 1 aromatic carbocycles. The Hall–Kier alpha value is -2.02. The van der Waals surface area contributed by atoms with Crippen molar-refractivity contribution in [1.82, 2.24) is 0 Å². The number of nitrogens with one attached hydrogen (secondary N) is 1. The summed E-state index contributed by atoms with van der Waals surface area (Å²) >= 11 is 4.65. The number of rotatable bonds is 3. The quantitative estimate of drug-likeness (QED) is 0.419. The van der Waals surface area contributed by atoms with E-state index >= 15 is 0 Å². The third kappa shape index (κ3) is 2.97. The van der Waals surface area contributed by atoms with Crippen LogP contribution in [0.4, 0.5) is 5.69 Å². The lowest BCUT2D eigenvalue weighted by atomic mass is 10.1. The van der Waals surface area contributed by atoms with E-state index in [1.807, 2.05) is 0 Å². The van der Waals surface area contributed by atoms with E-state index in [1.54, 1.807) is 0 Å². The molecule has 0 spiro atoms. The van der Waals surface area contributed by atoms with Crippen molar-refractivity contribution in [3.8, 4) is 11.5 Å². The number of nitrogens with two attached hydrogens (primary N) is 1. The van der Waals surface area contributed by atoms with E-state index in [9.17, 15) is 9.90 Å². The van der Waals surface area contributed by atoms with E-state index in [2.05, 4.69) is 22.3 Å². The number of hydrogen-bond donors (Lipinski definition) is 3. The molecule has 92 valence electrons. The summed E-state index contributed by atoms with van der Waals surface area (Å²) in [7, 11) is 2.61. The van der Waals surface area contributed by atoms with Crippen LogP contribution in [0.25, 0.3) is 0 Å². The van der Waals surface area contributed by atoms with Crippen molar-refractivity contribution < 1.29 is 19.4 Å². The molecule has 0 atom stereocenters. The van der Waals surface area contributed by atoms with Gasteiger partial charge in [-0.3, -0.25) is 0 Å². The maximum absolute atomic E-state index is 11.4. The van der Waals surface area contributed by atoms with Crippen LogP contribution >= 0.6 is 12.2 Å². The van der Waals surface area contributed by atoms with E-state index in [-0.39, 0.29) is 27.9 Å². The van der Waals surface area contributed by atoms with Crippen LogP contribution in [0.15, 0.2) is 12.1 Å². The summed E-state index contributed by atoms with van der Waals surface area (Å²) in [5.74, 6) is -0.631. The Bertz CT molecular complexity index is 462. The molecule has 0 radical (unpaired) electrons. The normalized spacial score (nSPS) is 9.53. The van der Waals surface area contributed by atoms with E-state index in [0.29, 0.717) is 0 Å². The predicted octanol–water partition coefficient (Wildman–Crippen LogP) is 0.843. The van der Waals surface area contributed by atoms with Gasteiger partial charge < -0.3 is 25.6 Å². The molecule has 0 unspecified atom stereocenters. The highest BCUT2D eigenvalue weighted by atomic mass is 32.1. The summed E-state index contributed by atoms with van der Waals surface area (Å²) in [6, 6.07) is 2.72. The first-order valence-electron chi connectivity index (χ1n) is 4.55. The lowest BCUT2D eigenvalue weighted by Gasteiger charge is -2.12. The van der Waals surface area contributed by atoms with Gasteiger partial charge in [0, 0.05) is 0 Å². The van der Waals surface area contributed by atoms with Crippen molar-refractivity contribution in [3.63, 3.8) is 0 Å². The van der Waals surface area contributed by atoms with E-state index in [1.165, 1.54) is 26.4 Å². The third-order valence-corrected chi connectivity index (χ3v) is 2.08. The molecule has 0 aliphatic rings. The van der Waals surface area contributed by atoms with Crippen molar-refractivity contribution in [3.05, 3.63) is 17.7 Å². The minimum Gasteiger partial charge on any atom is -0.503 e. The molecule has 0 saturated carbocycles. The van der Waals surface area contributed by atoms with Crippen molar-refractivity contribution in [1.29, 1.82) is 0 Å². The average Bonchev–Trinajstić information content (AvgIpc) is 2.30. The summed E-state index contributed by atoms with van der Waals surface area (Å²) in [6.07, 6.45) is 0. The van der Waals surface area contributed by atoms with Gasteiger partial charge in [-0.15, -0.1) is 0 Å². The Morgan fingerprint density at radius 1 is 1.47 bits per heavy atom. The molecule has 0 saturated heterocycles. The van der Waals surface area contributed by atoms with Crippen molar-refractivity contribution in [2.45, 2.75) is 0 Å². The van der Waals surface area contributed by atoms with Crippen LogP contribution in [0.5, 0.6) is 11.5 Å². The molecule has 0 fully saturated rings. The molecule has 6 nitrogen and oxygen atoms in total. The van der Waals surface area contributed by atoms with Crippen molar-refractivity contribution >= 4 is 29.0 Å². The van der Waals surface area contributed by atoms with Crippen LogP contribution in [0.1, 0.15) is 10.4 Å². The number of benzene rings is 1. The van der Waals surface area contributed by atoms with Crippen molar-refractivity contribution in [2.75, 3.05) is 19.5 Å². The molecule has 1 aromatic rings.